The van der Waals surface area contributed by atoms with Crippen molar-refractivity contribution in [3.8, 4) is 0 Å². The van der Waals surface area contributed by atoms with E-state index in [0.717, 1.165) is 13.0 Å². The van der Waals surface area contributed by atoms with Crippen molar-refractivity contribution in [1.82, 2.24) is 11.1 Å². The number of rotatable bonds is 4. The van der Waals surface area contributed by atoms with Gasteiger partial charge in [-0.15, -0.1) is 0 Å². The lowest BCUT2D eigenvalue weighted by molar-refractivity contribution is 0.692. The smallest absolute Gasteiger partial charge is 0.207 e. The first-order valence-corrected chi connectivity index (χ1v) is 3.31. The molecule has 0 rings (SSSR count). The molecule has 0 aromatic heterocycles. The third-order valence-corrected chi connectivity index (χ3v) is 1.08. The van der Waals surface area contributed by atoms with Crippen molar-refractivity contribution < 1.29 is 0 Å². The molecule has 3 heteroatoms. The van der Waals surface area contributed by atoms with Crippen LogP contribution in [0.3, 0.4) is 0 Å². The lowest BCUT2D eigenvalue weighted by atomic mass is 10.2. The Labute approximate surface area is 56.1 Å². The molecule has 3 N–H and O–H groups in total. The second-order valence-corrected chi connectivity index (χ2v) is 2.01. The Hall–Kier alpha value is -0.730. The van der Waals surface area contributed by atoms with Crippen LogP contribution in [0.2, 0.25) is 0 Å². The topological polar surface area (TPSA) is 59.7 Å². The number of hydrogen-bond acceptors (Lipinski definition) is 1. The van der Waals surface area contributed by atoms with E-state index >= 15 is 0 Å². The first-order chi connectivity index (χ1) is 4.27. The fourth-order valence-electron chi connectivity index (χ4n) is 0.588. The first-order valence-electron chi connectivity index (χ1n) is 3.31. The molecule has 0 spiro atoms. The van der Waals surface area contributed by atoms with Crippen molar-refractivity contribution in [3.63, 3.8) is 0 Å². The monoisotopic (exact) mass is 128 g/mol. The minimum atomic E-state index is -0.175. The minimum absolute atomic E-state index is 0.175. The summed E-state index contributed by atoms with van der Waals surface area (Å²) in [5, 5.41) is 9.32. The maximum atomic E-state index is 6.69. The van der Waals surface area contributed by atoms with E-state index < -0.39 is 0 Å². The highest BCUT2D eigenvalue weighted by Crippen LogP contribution is 1.90. The summed E-state index contributed by atoms with van der Waals surface area (Å²) in [6, 6.07) is 0. The largest absolute Gasteiger partial charge is 0.355 e. The van der Waals surface area contributed by atoms with Gasteiger partial charge in [-0.3, -0.25) is 11.1 Å². The minimum Gasteiger partial charge on any atom is -0.355 e. The van der Waals surface area contributed by atoms with Crippen molar-refractivity contribution in [2.45, 2.75) is 26.2 Å². The lowest BCUT2D eigenvalue weighted by Crippen LogP contribution is -2.23. The van der Waals surface area contributed by atoms with Gasteiger partial charge >= 0.3 is 0 Å². The van der Waals surface area contributed by atoms with Crippen LogP contribution in [0, 0.1) is 5.41 Å². The Balaban J connectivity index is 2.83. The van der Waals surface area contributed by atoms with Crippen LogP contribution in [-0.4, -0.2) is 12.5 Å². The number of unbranched alkanes of at least 4 members (excludes halogenated alkanes) is 2. The van der Waals surface area contributed by atoms with Gasteiger partial charge in [0.15, 0.2) is 0 Å². The molecular weight excluding hydrogens is 114 g/mol. The van der Waals surface area contributed by atoms with Crippen LogP contribution in [0.15, 0.2) is 0 Å². The first kappa shape index (κ1) is 8.27. The molecule has 0 fully saturated rings. The SMILES string of the molecule is CCCCCNC([NH])=N. The quantitative estimate of drug-likeness (QED) is 0.331. The summed E-state index contributed by atoms with van der Waals surface area (Å²) >= 11 is 0. The maximum absolute atomic E-state index is 6.69. The van der Waals surface area contributed by atoms with Crippen LogP contribution >= 0.6 is 0 Å². The van der Waals surface area contributed by atoms with Gasteiger partial charge in [-0.25, -0.2) is 0 Å². The van der Waals surface area contributed by atoms with Crippen molar-refractivity contribution >= 4 is 5.96 Å². The van der Waals surface area contributed by atoms with Crippen molar-refractivity contribution in [3.05, 3.63) is 0 Å². The molecule has 0 aromatic carbocycles. The van der Waals surface area contributed by atoms with E-state index in [2.05, 4.69) is 12.2 Å². The fraction of sp³-hybridized carbons (Fsp3) is 0.833. The number of nitrogens with one attached hydrogen (secondary N) is 3. The summed E-state index contributed by atoms with van der Waals surface area (Å²) in [5.41, 5.74) is 6.69. The lowest BCUT2D eigenvalue weighted by Gasteiger charge is -1.99. The second-order valence-electron chi connectivity index (χ2n) is 2.01. The molecule has 0 amide bonds. The van der Waals surface area contributed by atoms with Crippen molar-refractivity contribution in [1.29, 1.82) is 5.41 Å². The molecule has 0 heterocycles. The summed E-state index contributed by atoms with van der Waals surface area (Å²) in [7, 11) is 0. The summed E-state index contributed by atoms with van der Waals surface area (Å²) in [4.78, 5) is 0. The predicted octanol–water partition coefficient (Wildman–Crippen LogP) is 0.984. The molecule has 1 radical (unpaired) electrons. The van der Waals surface area contributed by atoms with Gasteiger partial charge in [-0.1, -0.05) is 19.8 Å². The fourth-order valence-corrected chi connectivity index (χ4v) is 0.588. The molecule has 0 aliphatic carbocycles. The highest BCUT2D eigenvalue weighted by Gasteiger charge is 1.86. The molecular formula is C6H14N3. The van der Waals surface area contributed by atoms with E-state index in [0.29, 0.717) is 0 Å². The number of hydrogen-bond donors (Lipinski definition) is 2. The zero-order valence-corrected chi connectivity index (χ0v) is 5.83. The molecule has 0 aromatic rings. The second kappa shape index (κ2) is 5.41. The van der Waals surface area contributed by atoms with Gasteiger partial charge in [0.25, 0.3) is 0 Å². The molecule has 53 valence electrons. The van der Waals surface area contributed by atoms with E-state index in [1.54, 1.807) is 0 Å². The van der Waals surface area contributed by atoms with Gasteiger partial charge in [0.05, 0.1) is 0 Å². The van der Waals surface area contributed by atoms with Crippen LogP contribution in [0.4, 0.5) is 0 Å². The Morgan fingerprint density at radius 2 is 2.11 bits per heavy atom. The number of guanidine groups is 1. The van der Waals surface area contributed by atoms with Crippen LogP contribution in [-0.2, 0) is 0 Å². The highest BCUT2D eigenvalue weighted by molar-refractivity contribution is 5.73. The third kappa shape index (κ3) is 7.27. The maximum Gasteiger partial charge on any atom is 0.207 e. The van der Waals surface area contributed by atoms with E-state index in [1.165, 1.54) is 12.8 Å². The van der Waals surface area contributed by atoms with Crippen LogP contribution < -0.4 is 11.1 Å². The van der Waals surface area contributed by atoms with Crippen LogP contribution in [0.1, 0.15) is 26.2 Å². The van der Waals surface area contributed by atoms with E-state index in [1.807, 2.05) is 0 Å². The molecule has 0 saturated carbocycles. The molecule has 0 aliphatic heterocycles. The standard InChI is InChI=1S/C6H14N3/c1-2-3-4-5-9-6(7)8/h7H,2-5H2,1H3,(H2,8,9). The summed E-state index contributed by atoms with van der Waals surface area (Å²) in [6.07, 6.45) is 3.44. The van der Waals surface area contributed by atoms with Gasteiger partial charge in [-0.05, 0) is 6.42 Å². The van der Waals surface area contributed by atoms with Crippen molar-refractivity contribution in [2.24, 2.45) is 0 Å². The van der Waals surface area contributed by atoms with E-state index in [-0.39, 0.29) is 5.96 Å². The average molecular weight is 128 g/mol. The Morgan fingerprint density at radius 1 is 1.44 bits per heavy atom. The van der Waals surface area contributed by atoms with Crippen LogP contribution in [0.25, 0.3) is 0 Å². The molecule has 0 saturated heterocycles. The summed E-state index contributed by atoms with van der Waals surface area (Å²) < 4.78 is 0. The molecule has 9 heavy (non-hydrogen) atoms. The van der Waals surface area contributed by atoms with Gasteiger partial charge in [0, 0.05) is 6.54 Å². The van der Waals surface area contributed by atoms with Crippen LogP contribution in [0.5, 0.6) is 0 Å². The Kier molecular flexibility index (Phi) is 4.97. The van der Waals surface area contributed by atoms with Gasteiger partial charge in [0.2, 0.25) is 5.96 Å². The highest BCUT2D eigenvalue weighted by atomic mass is 15.0. The third-order valence-electron chi connectivity index (χ3n) is 1.08. The molecule has 0 bridgehead atoms. The predicted molar refractivity (Wildman–Crippen MR) is 38.4 cm³/mol. The van der Waals surface area contributed by atoms with Gasteiger partial charge < -0.3 is 5.32 Å². The normalized spacial score (nSPS) is 9.00. The molecule has 0 atom stereocenters. The summed E-state index contributed by atoms with van der Waals surface area (Å²) in [5.74, 6) is -0.175. The Morgan fingerprint density at radius 3 is 2.56 bits per heavy atom. The zero-order chi connectivity index (χ0) is 7.11. The zero-order valence-electron chi connectivity index (χ0n) is 5.83. The van der Waals surface area contributed by atoms with Crippen molar-refractivity contribution in [2.75, 3.05) is 6.54 Å². The molecule has 0 unspecified atom stereocenters. The van der Waals surface area contributed by atoms with E-state index in [9.17, 15) is 0 Å². The molecule has 0 aliphatic rings. The summed E-state index contributed by atoms with van der Waals surface area (Å²) in [6.45, 7) is 2.90. The van der Waals surface area contributed by atoms with Gasteiger partial charge in [0.1, 0.15) is 0 Å². The Bertz CT molecular complexity index is 80.4. The average Bonchev–Trinajstić information content (AvgIpc) is 1.80. The van der Waals surface area contributed by atoms with Gasteiger partial charge in [-0.2, -0.15) is 0 Å². The van der Waals surface area contributed by atoms with E-state index in [4.69, 9.17) is 11.1 Å². The molecule has 3 nitrogen and oxygen atoms in total.